The van der Waals surface area contributed by atoms with E-state index in [1.165, 1.54) is 30.0 Å². The van der Waals surface area contributed by atoms with Crippen LogP contribution in [-0.2, 0) is 4.79 Å². The summed E-state index contributed by atoms with van der Waals surface area (Å²) in [4.78, 5) is 17.1. The fourth-order valence-corrected chi connectivity index (χ4v) is 3.60. The SMILES string of the molecule is CCC1CC2=Nc3ccc(OC(F)(F)F)cc3SC2C(=O)N1. The molecule has 1 fully saturated rings. The molecule has 2 aliphatic heterocycles. The number of nitrogens with one attached hydrogen (secondary N) is 1. The normalized spacial score (nSPS) is 24.0. The second-order valence-electron chi connectivity index (χ2n) is 5.10. The number of hydrogen-bond donors (Lipinski definition) is 1. The van der Waals surface area contributed by atoms with Crippen molar-refractivity contribution < 1.29 is 22.7 Å². The van der Waals surface area contributed by atoms with Crippen LogP contribution in [-0.4, -0.2) is 29.3 Å². The number of amides is 1. The number of nitrogens with zero attached hydrogens (tertiary/aromatic N) is 1. The van der Waals surface area contributed by atoms with E-state index in [4.69, 9.17) is 0 Å². The third-order valence-corrected chi connectivity index (χ3v) is 4.81. The van der Waals surface area contributed by atoms with Gasteiger partial charge in [0.1, 0.15) is 11.0 Å². The predicted octanol–water partition coefficient (Wildman–Crippen LogP) is 3.43. The van der Waals surface area contributed by atoms with E-state index in [0.717, 1.165) is 12.1 Å². The fourth-order valence-electron chi connectivity index (χ4n) is 2.47. The zero-order chi connectivity index (χ0) is 15.9. The Bertz CT molecular complexity index is 645. The van der Waals surface area contributed by atoms with Gasteiger partial charge in [-0.05, 0) is 24.6 Å². The lowest BCUT2D eigenvalue weighted by Gasteiger charge is -2.32. The minimum Gasteiger partial charge on any atom is -0.406 e. The molecule has 1 saturated heterocycles. The van der Waals surface area contributed by atoms with Gasteiger partial charge in [-0.2, -0.15) is 0 Å². The van der Waals surface area contributed by atoms with E-state index in [2.05, 4.69) is 15.0 Å². The second kappa shape index (κ2) is 5.49. The van der Waals surface area contributed by atoms with Crippen LogP contribution in [0.15, 0.2) is 28.1 Å². The molecule has 0 aromatic heterocycles. The summed E-state index contributed by atoms with van der Waals surface area (Å²) < 4.78 is 40.7. The highest BCUT2D eigenvalue weighted by atomic mass is 32.2. The van der Waals surface area contributed by atoms with Gasteiger partial charge in [0.05, 0.1) is 5.69 Å². The van der Waals surface area contributed by atoms with Gasteiger partial charge >= 0.3 is 6.36 Å². The molecular formula is C14H13F3N2O2S. The van der Waals surface area contributed by atoms with Gasteiger partial charge in [-0.1, -0.05) is 6.92 Å². The lowest BCUT2D eigenvalue weighted by Crippen LogP contribution is -2.50. The molecule has 22 heavy (non-hydrogen) atoms. The van der Waals surface area contributed by atoms with Crippen molar-refractivity contribution in [3.8, 4) is 5.75 Å². The highest BCUT2D eigenvalue weighted by Gasteiger charge is 2.37. The Morgan fingerprint density at radius 2 is 2.23 bits per heavy atom. The predicted molar refractivity (Wildman–Crippen MR) is 76.7 cm³/mol. The minimum absolute atomic E-state index is 0.0671. The summed E-state index contributed by atoms with van der Waals surface area (Å²) in [5, 5.41) is 2.42. The molecule has 8 heteroatoms. The number of fused-ring (bicyclic) bond motifs is 2. The van der Waals surface area contributed by atoms with Crippen molar-refractivity contribution in [2.45, 2.75) is 42.3 Å². The van der Waals surface area contributed by atoms with Gasteiger partial charge in [0.25, 0.3) is 0 Å². The summed E-state index contributed by atoms with van der Waals surface area (Å²) in [6.07, 6.45) is -3.26. The van der Waals surface area contributed by atoms with Crippen molar-refractivity contribution in [2.75, 3.05) is 0 Å². The Balaban J connectivity index is 1.90. The third kappa shape index (κ3) is 3.06. The van der Waals surface area contributed by atoms with E-state index in [-0.39, 0.29) is 17.7 Å². The van der Waals surface area contributed by atoms with Crippen LogP contribution in [0.4, 0.5) is 18.9 Å². The van der Waals surface area contributed by atoms with Crippen LogP contribution < -0.4 is 10.1 Å². The molecule has 1 amide bonds. The molecule has 118 valence electrons. The number of carbonyl (C=O) groups is 1. The Morgan fingerprint density at radius 1 is 1.45 bits per heavy atom. The van der Waals surface area contributed by atoms with Crippen LogP contribution in [0.2, 0.25) is 0 Å². The first-order valence-corrected chi connectivity index (χ1v) is 7.68. The number of ether oxygens (including phenoxy) is 1. The smallest absolute Gasteiger partial charge is 0.406 e. The average molecular weight is 330 g/mol. The van der Waals surface area contributed by atoms with Crippen molar-refractivity contribution in [3.63, 3.8) is 0 Å². The summed E-state index contributed by atoms with van der Waals surface area (Å²) in [6, 6.07) is 4.06. The van der Waals surface area contributed by atoms with Crippen LogP contribution in [0.25, 0.3) is 0 Å². The average Bonchev–Trinajstić information content (AvgIpc) is 2.44. The van der Waals surface area contributed by atoms with E-state index < -0.39 is 11.6 Å². The van der Waals surface area contributed by atoms with Gasteiger partial charge in [0.15, 0.2) is 0 Å². The molecule has 4 nitrogen and oxygen atoms in total. The fraction of sp³-hybridized carbons (Fsp3) is 0.429. The summed E-state index contributed by atoms with van der Waals surface area (Å²) >= 11 is 1.21. The van der Waals surface area contributed by atoms with Gasteiger partial charge in [0.2, 0.25) is 5.91 Å². The first kappa shape index (κ1) is 15.2. The highest BCUT2D eigenvalue weighted by Crippen LogP contribution is 2.42. The number of benzene rings is 1. The molecular weight excluding hydrogens is 317 g/mol. The number of aliphatic imine (C=N–C) groups is 1. The number of carbonyl (C=O) groups excluding carboxylic acids is 1. The van der Waals surface area contributed by atoms with E-state index >= 15 is 0 Å². The number of alkyl halides is 3. The molecule has 2 heterocycles. The van der Waals surface area contributed by atoms with Crippen molar-refractivity contribution in [2.24, 2.45) is 4.99 Å². The number of hydrogen-bond acceptors (Lipinski definition) is 4. The number of rotatable bonds is 2. The molecule has 0 aliphatic carbocycles. The monoisotopic (exact) mass is 330 g/mol. The van der Waals surface area contributed by atoms with Crippen LogP contribution in [0, 0.1) is 0 Å². The zero-order valence-corrected chi connectivity index (χ0v) is 12.4. The van der Waals surface area contributed by atoms with Crippen molar-refractivity contribution in [1.29, 1.82) is 0 Å². The van der Waals surface area contributed by atoms with Crippen molar-refractivity contribution in [3.05, 3.63) is 18.2 Å². The molecule has 0 spiro atoms. The molecule has 0 saturated carbocycles. The number of halogens is 3. The Hall–Kier alpha value is -1.70. The van der Waals surface area contributed by atoms with Crippen LogP contribution >= 0.6 is 11.8 Å². The van der Waals surface area contributed by atoms with Crippen molar-refractivity contribution in [1.82, 2.24) is 5.32 Å². The maximum Gasteiger partial charge on any atom is 0.573 e. The van der Waals surface area contributed by atoms with Crippen molar-refractivity contribution >= 4 is 29.1 Å². The van der Waals surface area contributed by atoms with E-state index in [1.54, 1.807) is 0 Å². The van der Waals surface area contributed by atoms with E-state index in [9.17, 15) is 18.0 Å². The third-order valence-electron chi connectivity index (χ3n) is 3.51. The number of piperidine rings is 1. The van der Waals surface area contributed by atoms with Crippen LogP contribution in [0.3, 0.4) is 0 Å². The highest BCUT2D eigenvalue weighted by molar-refractivity contribution is 8.01. The summed E-state index contributed by atoms with van der Waals surface area (Å²) in [5.41, 5.74) is 1.35. The minimum atomic E-state index is -4.74. The maximum atomic E-state index is 12.3. The molecule has 1 aromatic carbocycles. The molecule has 0 bridgehead atoms. The van der Waals surface area contributed by atoms with Gasteiger partial charge in [0, 0.05) is 23.1 Å². The Labute approximate surface area is 129 Å². The van der Waals surface area contributed by atoms with Crippen LogP contribution in [0.5, 0.6) is 5.75 Å². The van der Waals surface area contributed by atoms with Crippen LogP contribution in [0.1, 0.15) is 19.8 Å². The standard InChI is InChI=1S/C14H13F3N2O2S/c1-2-7-5-10-12(13(20)18-7)22-11-6-8(21-14(15,16)17)3-4-9(11)19-10/h3-4,6-7,12H,2,5H2,1H3,(H,18,20). The first-order valence-electron chi connectivity index (χ1n) is 6.80. The largest absolute Gasteiger partial charge is 0.573 e. The van der Waals surface area contributed by atoms with Gasteiger partial charge in [-0.15, -0.1) is 24.9 Å². The molecule has 2 aliphatic rings. The molecule has 3 rings (SSSR count). The van der Waals surface area contributed by atoms with Gasteiger partial charge < -0.3 is 10.1 Å². The quantitative estimate of drug-likeness (QED) is 0.904. The molecule has 1 N–H and O–H groups in total. The molecule has 2 atom stereocenters. The molecule has 2 unspecified atom stereocenters. The summed E-state index contributed by atoms with van der Waals surface area (Å²) in [5.74, 6) is -0.449. The van der Waals surface area contributed by atoms with E-state index in [0.29, 0.717) is 17.0 Å². The molecule has 0 radical (unpaired) electrons. The summed E-state index contributed by atoms with van der Waals surface area (Å²) in [7, 11) is 0. The lowest BCUT2D eigenvalue weighted by molar-refractivity contribution is -0.274. The number of thioether (sulfide) groups is 1. The maximum absolute atomic E-state index is 12.3. The molecule has 1 aromatic rings. The Morgan fingerprint density at radius 3 is 2.91 bits per heavy atom. The summed E-state index contributed by atoms with van der Waals surface area (Å²) in [6.45, 7) is 1.98. The second-order valence-corrected chi connectivity index (χ2v) is 6.24. The zero-order valence-electron chi connectivity index (χ0n) is 11.6. The van der Waals surface area contributed by atoms with Gasteiger partial charge in [-0.25, -0.2) is 0 Å². The lowest BCUT2D eigenvalue weighted by atomic mass is 9.99. The Kier molecular flexibility index (Phi) is 3.80. The topological polar surface area (TPSA) is 50.7 Å². The van der Waals surface area contributed by atoms with E-state index in [1.807, 2.05) is 6.92 Å². The van der Waals surface area contributed by atoms with Gasteiger partial charge in [-0.3, -0.25) is 9.79 Å². The first-order chi connectivity index (χ1) is 10.4.